The van der Waals surface area contributed by atoms with Gasteiger partial charge < -0.3 is 5.32 Å². The zero-order chi connectivity index (χ0) is 26.1. The van der Waals surface area contributed by atoms with E-state index in [1.165, 1.54) is 6.07 Å². The highest BCUT2D eigenvalue weighted by molar-refractivity contribution is 5.94. The van der Waals surface area contributed by atoms with E-state index in [2.05, 4.69) is 11.9 Å². The molecule has 0 aliphatic heterocycles. The molecule has 0 saturated heterocycles. The summed E-state index contributed by atoms with van der Waals surface area (Å²) in [5.41, 5.74) is 3.28. The fourth-order valence-electron chi connectivity index (χ4n) is 3.73. The van der Waals surface area contributed by atoms with Gasteiger partial charge >= 0.3 is 0 Å². The Hall–Kier alpha value is -4.12. The number of hydrogen-bond acceptors (Lipinski definition) is 3. The molecule has 0 fully saturated rings. The highest BCUT2D eigenvalue weighted by Crippen LogP contribution is 2.32. The first-order valence-electron chi connectivity index (χ1n) is 12.0. The Morgan fingerprint density at radius 1 is 0.972 bits per heavy atom. The summed E-state index contributed by atoms with van der Waals surface area (Å²) < 4.78 is 28.4. The van der Waals surface area contributed by atoms with Crippen molar-refractivity contribution in [3.8, 4) is 11.1 Å². The molecule has 5 heteroatoms. The summed E-state index contributed by atoms with van der Waals surface area (Å²) >= 11 is 0. The molecule has 0 aliphatic carbocycles. The van der Waals surface area contributed by atoms with Crippen molar-refractivity contribution in [3.63, 3.8) is 0 Å². The van der Waals surface area contributed by atoms with Crippen molar-refractivity contribution in [3.05, 3.63) is 121 Å². The Labute approximate surface area is 211 Å². The van der Waals surface area contributed by atoms with Gasteiger partial charge in [0.2, 0.25) is 0 Å². The normalized spacial score (nSPS) is 12.2. The topological polar surface area (TPSA) is 37.8 Å². The van der Waals surface area contributed by atoms with E-state index in [1.807, 2.05) is 76.3 Å². The van der Waals surface area contributed by atoms with Crippen LogP contribution in [0.1, 0.15) is 45.1 Å². The number of aromatic nitrogens is 2. The third-order valence-electron chi connectivity index (χ3n) is 5.56. The van der Waals surface area contributed by atoms with Crippen LogP contribution in [0.25, 0.3) is 27.6 Å². The van der Waals surface area contributed by atoms with Crippen molar-refractivity contribution in [2.24, 2.45) is 0 Å². The molecule has 1 N–H and O–H groups in total. The largest absolute Gasteiger partial charge is 0.363 e. The number of allylic oxidation sites excluding steroid dienone is 5. The minimum atomic E-state index is -0.884. The minimum Gasteiger partial charge on any atom is -0.363 e. The van der Waals surface area contributed by atoms with Gasteiger partial charge in [-0.15, -0.1) is 0 Å². The number of nitrogens with one attached hydrogen (secondary N) is 1. The second-order valence-electron chi connectivity index (χ2n) is 7.86. The van der Waals surface area contributed by atoms with Crippen LogP contribution >= 0.6 is 0 Å². The van der Waals surface area contributed by atoms with Gasteiger partial charge in [0.25, 0.3) is 0 Å². The maximum absolute atomic E-state index is 14.5. The van der Waals surface area contributed by atoms with E-state index >= 15 is 0 Å². The standard InChI is InChI=1S/C29H25F2N3.C2H6/c1-4-6-11-20(5-2)28-33-26-17-16-22(23-14-10-15-25(30)27(23)31)18-24(26)29(34-28)32-19(3)21-12-8-7-9-13-21;1-2/h4-19H,2H2,1,3H3,(H,32,33,34);1-2H3/b6-4-,20-11+;. The van der Waals surface area contributed by atoms with Gasteiger partial charge in [0.15, 0.2) is 17.5 Å². The van der Waals surface area contributed by atoms with Crippen LogP contribution in [0, 0.1) is 11.6 Å². The first-order chi connectivity index (χ1) is 17.5. The first-order valence-corrected chi connectivity index (χ1v) is 12.0. The molecule has 0 saturated carbocycles. The van der Waals surface area contributed by atoms with Crippen LogP contribution in [0.4, 0.5) is 14.6 Å². The molecule has 1 aromatic heterocycles. The molecule has 3 nitrogen and oxygen atoms in total. The lowest BCUT2D eigenvalue weighted by atomic mass is 10.0. The number of benzene rings is 3. The summed E-state index contributed by atoms with van der Waals surface area (Å²) in [6, 6.07) is 19.5. The molecule has 0 spiro atoms. The van der Waals surface area contributed by atoms with Crippen molar-refractivity contribution in [2.45, 2.75) is 33.7 Å². The predicted octanol–water partition coefficient (Wildman–Crippen LogP) is 8.92. The van der Waals surface area contributed by atoms with Crippen LogP contribution in [0.2, 0.25) is 0 Å². The summed E-state index contributed by atoms with van der Waals surface area (Å²) in [6.45, 7) is 11.9. The SMILES string of the molecule is C=C/C(=C\C=C/C)c1nc(NC(C)c2ccccc2)c2cc(-c3cccc(F)c3F)ccc2n1.CC. The van der Waals surface area contributed by atoms with E-state index in [4.69, 9.17) is 9.97 Å². The van der Waals surface area contributed by atoms with E-state index in [0.717, 1.165) is 17.2 Å². The molecule has 0 radical (unpaired) electrons. The van der Waals surface area contributed by atoms with Crippen molar-refractivity contribution >= 4 is 22.3 Å². The molecular formula is C31H31F2N3. The molecule has 0 bridgehead atoms. The van der Waals surface area contributed by atoms with Gasteiger partial charge in [-0.25, -0.2) is 18.7 Å². The summed E-state index contributed by atoms with van der Waals surface area (Å²) in [5.74, 6) is -0.643. The Kier molecular flexibility index (Phi) is 9.23. The zero-order valence-corrected chi connectivity index (χ0v) is 21.1. The third-order valence-corrected chi connectivity index (χ3v) is 5.56. The van der Waals surface area contributed by atoms with Crippen LogP contribution < -0.4 is 5.32 Å². The Morgan fingerprint density at radius 3 is 2.42 bits per heavy atom. The summed E-state index contributed by atoms with van der Waals surface area (Å²) in [4.78, 5) is 9.52. The number of nitrogens with zero attached hydrogens (tertiary/aromatic N) is 2. The maximum atomic E-state index is 14.5. The van der Waals surface area contributed by atoms with Gasteiger partial charge in [-0.2, -0.15) is 0 Å². The molecule has 4 rings (SSSR count). The van der Waals surface area contributed by atoms with Gasteiger partial charge in [-0.3, -0.25) is 0 Å². The van der Waals surface area contributed by atoms with E-state index in [-0.39, 0.29) is 11.6 Å². The fraction of sp³-hybridized carbons (Fsp3) is 0.161. The van der Waals surface area contributed by atoms with E-state index in [1.54, 1.807) is 30.3 Å². The quantitative estimate of drug-likeness (QED) is 0.267. The second-order valence-corrected chi connectivity index (χ2v) is 7.86. The lowest BCUT2D eigenvalue weighted by molar-refractivity contribution is 0.511. The summed E-state index contributed by atoms with van der Waals surface area (Å²) in [5, 5.41) is 4.19. The predicted molar refractivity (Wildman–Crippen MR) is 148 cm³/mol. The van der Waals surface area contributed by atoms with Gasteiger partial charge in [0, 0.05) is 22.6 Å². The molecule has 0 amide bonds. The van der Waals surface area contributed by atoms with E-state index in [0.29, 0.717) is 28.1 Å². The molecule has 1 heterocycles. The molecule has 36 heavy (non-hydrogen) atoms. The van der Waals surface area contributed by atoms with Crippen molar-refractivity contribution < 1.29 is 8.78 Å². The van der Waals surface area contributed by atoms with Crippen LogP contribution in [0.15, 0.2) is 97.6 Å². The number of halogens is 2. The summed E-state index contributed by atoms with van der Waals surface area (Å²) in [7, 11) is 0. The highest BCUT2D eigenvalue weighted by atomic mass is 19.2. The van der Waals surface area contributed by atoms with Crippen LogP contribution in [0.3, 0.4) is 0 Å². The van der Waals surface area contributed by atoms with Gasteiger partial charge in [0.1, 0.15) is 5.82 Å². The molecule has 4 aromatic rings. The summed E-state index contributed by atoms with van der Waals surface area (Å²) in [6.07, 6.45) is 7.43. The molecular weight excluding hydrogens is 452 g/mol. The number of anilines is 1. The average Bonchev–Trinajstić information content (AvgIpc) is 2.92. The highest BCUT2D eigenvalue weighted by Gasteiger charge is 2.16. The second kappa shape index (κ2) is 12.5. The Bertz CT molecular complexity index is 1390. The minimum absolute atomic E-state index is 0.0478. The molecule has 0 aliphatic rings. The Balaban J connectivity index is 0.00000176. The zero-order valence-electron chi connectivity index (χ0n) is 21.1. The number of hydrogen-bond donors (Lipinski definition) is 1. The fourth-order valence-corrected chi connectivity index (χ4v) is 3.73. The van der Waals surface area contributed by atoms with Gasteiger partial charge in [0.05, 0.1) is 5.52 Å². The van der Waals surface area contributed by atoms with E-state index < -0.39 is 11.6 Å². The smallest absolute Gasteiger partial charge is 0.166 e. The number of fused-ring (bicyclic) bond motifs is 1. The van der Waals surface area contributed by atoms with E-state index in [9.17, 15) is 8.78 Å². The molecule has 184 valence electrons. The average molecular weight is 484 g/mol. The van der Waals surface area contributed by atoms with Gasteiger partial charge in [-0.1, -0.05) is 93.3 Å². The van der Waals surface area contributed by atoms with Crippen LogP contribution in [-0.2, 0) is 0 Å². The lowest BCUT2D eigenvalue weighted by Gasteiger charge is -2.18. The Morgan fingerprint density at radius 2 is 1.72 bits per heavy atom. The monoisotopic (exact) mass is 483 g/mol. The first kappa shape index (κ1) is 26.5. The maximum Gasteiger partial charge on any atom is 0.166 e. The van der Waals surface area contributed by atoms with Crippen LogP contribution in [-0.4, -0.2) is 9.97 Å². The molecule has 3 aromatic carbocycles. The van der Waals surface area contributed by atoms with Gasteiger partial charge in [-0.05, 0) is 43.2 Å². The van der Waals surface area contributed by atoms with Crippen LogP contribution in [0.5, 0.6) is 0 Å². The van der Waals surface area contributed by atoms with Crippen molar-refractivity contribution in [2.75, 3.05) is 5.32 Å². The molecule has 1 atom stereocenters. The lowest BCUT2D eigenvalue weighted by Crippen LogP contribution is -2.10. The number of rotatable bonds is 7. The molecule has 1 unspecified atom stereocenters. The van der Waals surface area contributed by atoms with Crippen molar-refractivity contribution in [1.82, 2.24) is 9.97 Å². The van der Waals surface area contributed by atoms with Crippen molar-refractivity contribution in [1.29, 1.82) is 0 Å². The third kappa shape index (κ3) is 5.92.